The lowest BCUT2D eigenvalue weighted by Gasteiger charge is -2.36. The van der Waals surface area contributed by atoms with Gasteiger partial charge in [-0.3, -0.25) is 10.8 Å². The molecule has 7 nitrogen and oxygen atoms in total. The van der Waals surface area contributed by atoms with Crippen molar-refractivity contribution in [3.8, 4) is 0 Å². The van der Waals surface area contributed by atoms with Crippen LogP contribution >= 0.6 is 0 Å². The summed E-state index contributed by atoms with van der Waals surface area (Å²) in [7, 11) is -3.71. The first kappa shape index (κ1) is 14.2. The predicted molar refractivity (Wildman–Crippen MR) is 70.7 cm³/mol. The fourth-order valence-corrected chi connectivity index (χ4v) is 3.92. The molecule has 0 aromatic carbocycles. The zero-order chi connectivity index (χ0) is 14.1. The molecule has 0 aliphatic carbocycles. The highest BCUT2D eigenvalue weighted by molar-refractivity contribution is 7.89. The summed E-state index contributed by atoms with van der Waals surface area (Å²) in [6.07, 6.45) is 3.93. The molecule has 1 unspecified atom stereocenters. The van der Waals surface area contributed by atoms with E-state index < -0.39 is 15.6 Å². The number of hydrazine groups is 1. The molecule has 2 heterocycles. The van der Waals surface area contributed by atoms with Crippen LogP contribution in [-0.2, 0) is 10.0 Å². The number of nitrogen functional groups attached to an aromatic ring is 1. The van der Waals surface area contributed by atoms with Crippen LogP contribution in [0.25, 0.3) is 0 Å². The van der Waals surface area contributed by atoms with Gasteiger partial charge >= 0.3 is 0 Å². The van der Waals surface area contributed by atoms with Crippen molar-refractivity contribution in [2.24, 2.45) is 5.84 Å². The largest absolute Gasteiger partial charge is 0.389 e. The van der Waals surface area contributed by atoms with E-state index >= 15 is 0 Å². The number of aliphatic hydroxyl groups is 1. The van der Waals surface area contributed by atoms with Gasteiger partial charge in [0.2, 0.25) is 10.0 Å². The third-order valence-electron chi connectivity index (χ3n) is 3.20. The monoisotopic (exact) mass is 286 g/mol. The van der Waals surface area contributed by atoms with Crippen LogP contribution in [0.5, 0.6) is 0 Å². The van der Waals surface area contributed by atoms with E-state index in [4.69, 9.17) is 5.84 Å². The fourth-order valence-electron chi connectivity index (χ4n) is 2.22. The molecule has 1 aromatic heterocycles. The average Bonchev–Trinajstić information content (AvgIpc) is 2.37. The Morgan fingerprint density at radius 2 is 2.32 bits per heavy atom. The van der Waals surface area contributed by atoms with Gasteiger partial charge in [-0.25, -0.2) is 8.42 Å². The van der Waals surface area contributed by atoms with Crippen molar-refractivity contribution >= 4 is 15.7 Å². The highest BCUT2D eigenvalue weighted by atomic mass is 32.2. The second-order valence-corrected chi connectivity index (χ2v) is 6.86. The maximum Gasteiger partial charge on any atom is 0.246 e. The Labute approximate surface area is 112 Å². The first-order valence-corrected chi connectivity index (χ1v) is 7.44. The lowest BCUT2D eigenvalue weighted by Crippen LogP contribution is -2.48. The lowest BCUT2D eigenvalue weighted by molar-refractivity contribution is 0.00940. The van der Waals surface area contributed by atoms with Crippen molar-refractivity contribution in [3.63, 3.8) is 0 Å². The molecule has 1 saturated heterocycles. The van der Waals surface area contributed by atoms with E-state index in [0.717, 1.165) is 0 Å². The molecule has 0 spiro atoms. The lowest BCUT2D eigenvalue weighted by atomic mass is 9.97. The summed E-state index contributed by atoms with van der Waals surface area (Å²) in [5.74, 6) is 5.32. The number of rotatable bonds is 3. The van der Waals surface area contributed by atoms with Gasteiger partial charge in [0, 0.05) is 25.5 Å². The second-order valence-electron chi connectivity index (χ2n) is 4.96. The first-order valence-electron chi connectivity index (χ1n) is 6.00. The number of aromatic nitrogens is 1. The van der Waals surface area contributed by atoms with Crippen molar-refractivity contribution in [3.05, 3.63) is 18.5 Å². The van der Waals surface area contributed by atoms with Gasteiger partial charge in [-0.2, -0.15) is 4.31 Å². The molecular formula is C11H18N4O3S. The van der Waals surface area contributed by atoms with E-state index in [-0.39, 0.29) is 11.4 Å². The number of β-amino-alcohol motifs (C(OH)–C–C–N with tert-alkyl or cyclic N) is 1. The minimum atomic E-state index is -3.71. The van der Waals surface area contributed by atoms with E-state index in [9.17, 15) is 13.5 Å². The molecule has 8 heteroatoms. The topological polar surface area (TPSA) is 109 Å². The number of hydrogen-bond acceptors (Lipinski definition) is 6. The number of anilines is 1. The first-order chi connectivity index (χ1) is 8.87. The second kappa shape index (κ2) is 5.04. The molecule has 1 aliphatic rings. The van der Waals surface area contributed by atoms with Crippen LogP contribution in [0.15, 0.2) is 23.4 Å². The summed E-state index contributed by atoms with van der Waals surface area (Å²) in [6, 6.07) is 1.50. The smallest absolute Gasteiger partial charge is 0.246 e. The molecule has 2 rings (SSSR count). The summed E-state index contributed by atoms with van der Waals surface area (Å²) >= 11 is 0. The number of pyridine rings is 1. The Morgan fingerprint density at radius 1 is 1.58 bits per heavy atom. The zero-order valence-electron chi connectivity index (χ0n) is 10.7. The summed E-state index contributed by atoms with van der Waals surface area (Å²) in [4.78, 5) is 3.85. The third kappa shape index (κ3) is 2.86. The maximum absolute atomic E-state index is 12.5. The van der Waals surface area contributed by atoms with E-state index in [0.29, 0.717) is 25.1 Å². The molecule has 19 heavy (non-hydrogen) atoms. The molecule has 0 amide bonds. The van der Waals surface area contributed by atoms with Crippen LogP contribution in [-0.4, -0.2) is 41.5 Å². The standard InChI is InChI=1S/C11H18N4O3S/c1-11(16)4-2-6-15(8-11)19(17,18)10-7-13-5-3-9(10)14-12/h3,5,7,16H,2,4,6,8,12H2,1H3,(H,13,14). The maximum atomic E-state index is 12.5. The summed E-state index contributed by atoms with van der Waals surface area (Å²) in [5.41, 5.74) is 1.65. The van der Waals surface area contributed by atoms with Crippen LogP contribution in [0.1, 0.15) is 19.8 Å². The van der Waals surface area contributed by atoms with E-state index in [1.165, 1.54) is 22.8 Å². The van der Waals surface area contributed by atoms with Crippen molar-refractivity contribution in [1.82, 2.24) is 9.29 Å². The number of nitrogens with one attached hydrogen (secondary N) is 1. The molecule has 1 atom stereocenters. The summed E-state index contributed by atoms with van der Waals surface area (Å²) < 4.78 is 26.3. The SMILES string of the molecule is CC1(O)CCCN(S(=O)(=O)c2cnccc2NN)C1. The normalized spacial score (nSPS) is 25.2. The number of hydrogen-bond donors (Lipinski definition) is 3. The zero-order valence-corrected chi connectivity index (χ0v) is 11.5. The molecule has 106 valence electrons. The van der Waals surface area contributed by atoms with Gasteiger partial charge in [0.1, 0.15) is 4.90 Å². The quantitative estimate of drug-likeness (QED) is 0.529. The van der Waals surface area contributed by atoms with Crippen molar-refractivity contribution < 1.29 is 13.5 Å². The van der Waals surface area contributed by atoms with Gasteiger partial charge in [-0.05, 0) is 25.8 Å². The Hall–Kier alpha value is -1.22. The van der Waals surface area contributed by atoms with Crippen LogP contribution in [0.3, 0.4) is 0 Å². The Bertz CT molecular complexity index is 559. The predicted octanol–water partition coefficient (Wildman–Crippen LogP) is -0.0973. The fraction of sp³-hybridized carbons (Fsp3) is 0.545. The average molecular weight is 286 g/mol. The summed E-state index contributed by atoms with van der Waals surface area (Å²) in [6.45, 7) is 2.10. The minimum absolute atomic E-state index is 0.0233. The number of nitrogens with zero attached hydrogens (tertiary/aromatic N) is 2. The van der Waals surface area contributed by atoms with Gasteiger partial charge in [-0.1, -0.05) is 0 Å². The third-order valence-corrected chi connectivity index (χ3v) is 5.07. The van der Waals surface area contributed by atoms with Crippen LogP contribution < -0.4 is 11.3 Å². The number of nitrogens with two attached hydrogens (primary N) is 1. The molecular weight excluding hydrogens is 268 g/mol. The van der Waals surface area contributed by atoms with Gasteiger partial charge in [0.15, 0.2) is 0 Å². The van der Waals surface area contributed by atoms with Crippen molar-refractivity contribution in [2.45, 2.75) is 30.3 Å². The van der Waals surface area contributed by atoms with Gasteiger partial charge < -0.3 is 10.5 Å². The Morgan fingerprint density at radius 3 is 2.95 bits per heavy atom. The Kier molecular flexibility index (Phi) is 3.77. The molecule has 1 aliphatic heterocycles. The molecule has 0 radical (unpaired) electrons. The summed E-state index contributed by atoms with van der Waals surface area (Å²) in [5, 5.41) is 10.0. The highest BCUT2D eigenvalue weighted by Crippen LogP contribution is 2.28. The number of piperidine rings is 1. The van der Waals surface area contributed by atoms with Crippen LogP contribution in [0.2, 0.25) is 0 Å². The molecule has 4 N–H and O–H groups in total. The van der Waals surface area contributed by atoms with E-state index in [1.54, 1.807) is 6.92 Å². The molecule has 0 bridgehead atoms. The number of sulfonamides is 1. The highest BCUT2D eigenvalue weighted by Gasteiger charge is 2.36. The van der Waals surface area contributed by atoms with Gasteiger partial charge in [-0.15, -0.1) is 0 Å². The van der Waals surface area contributed by atoms with Crippen LogP contribution in [0.4, 0.5) is 5.69 Å². The van der Waals surface area contributed by atoms with Gasteiger partial charge in [0.05, 0.1) is 11.3 Å². The molecule has 0 saturated carbocycles. The van der Waals surface area contributed by atoms with Gasteiger partial charge in [0.25, 0.3) is 0 Å². The van der Waals surface area contributed by atoms with Crippen LogP contribution in [0, 0.1) is 0 Å². The Balaban J connectivity index is 2.37. The van der Waals surface area contributed by atoms with E-state index in [1.807, 2.05) is 0 Å². The molecule has 1 fully saturated rings. The molecule has 1 aromatic rings. The van der Waals surface area contributed by atoms with Crippen molar-refractivity contribution in [2.75, 3.05) is 18.5 Å². The van der Waals surface area contributed by atoms with E-state index in [2.05, 4.69) is 10.4 Å². The minimum Gasteiger partial charge on any atom is -0.389 e. The van der Waals surface area contributed by atoms with Crippen molar-refractivity contribution in [1.29, 1.82) is 0 Å².